The highest BCUT2D eigenvalue weighted by Crippen LogP contribution is 2.21. The second-order valence-electron chi connectivity index (χ2n) is 3.32. The zero-order valence-corrected chi connectivity index (χ0v) is 9.38. The van der Waals surface area contributed by atoms with Crippen LogP contribution in [0.3, 0.4) is 0 Å². The highest BCUT2D eigenvalue weighted by Gasteiger charge is 2.19. The lowest BCUT2D eigenvalue weighted by Crippen LogP contribution is -2.14. The van der Waals surface area contributed by atoms with Gasteiger partial charge in [-0.05, 0) is 19.8 Å². The molecular formula is C9H14N2S2. The first kappa shape index (κ1) is 9.49. The number of hydrogen-bond acceptors (Lipinski definition) is 4. The highest BCUT2D eigenvalue weighted by molar-refractivity contribution is 7.98. The summed E-state index contributed by atoms with van der Waals surface area (Å²) in [4.78, 5) is 5.62. The minimum absolute atomic E-state index is 0.829. The van der Waals surface area contributed by atoms with Crippen LogP contribution in [0, 0.1) is 6.92 Å². The molecule has 0 atom stereocenters. The molecule has 13 heavy (non-hydrogen) atoms. The molecule has 1 aliphatic carbocycles. The molecule has 0 radical (unpaired) electrons. The molecule has 1 aromatic rings. The summed E-state index contributed by atoms with van der Waals surface area (Å²) in [5.41, 5.74) is 0. The van der Waals surface area contributed by atoms with Gasteiger partial charge in [0, 0.05) is 28.7 Å². The van der Waals surface area contributed by atoms with E-state index >= 15 is 0 Å². The summed E-state index contributed by atoms with van der Waals surface area (Å²) in [6.45, 7) is 2.06. The average Bonchev–Trinajstić information content (AvgIpc) is 2.84. The van der Waals surface area contributed by atoms with Crippen LogP contribution in [0.1, 0.15) is 22.7 Å². The molecule has 1 aliphatic rings. The normalized spacial score (nSPS) is 16.4. The van der Waals surface area contributed by atoms with E-state index in [1.165, 1.54) is 22.7 Å². The Morgan fingerprint density at radius 2 is 2.54 bits per heavy atom. The Kier molecular flexibility index (Phi) is 3.24. The van der Waals surface area contributed by atoms with Crippen molar-refractivity contribution in [2.45, 2.75) is 31.6 Å². The van der Waals surface area contributed by atoms with Gasteiger partial charge in [-0.2, -0.15) is 0 Å². The van der Waals surface area contributed by atoms with Crippen molar-refractivity contribution in [3.05, 3.63) is 16.1 Å². The van der Waals surface area contributed by atoms with Gasteiger partial charge >= 0.3 is 0 Å². The molecule has 1 saturated carbocycles. The van der Waals surface area contributed by atoms with E-state index in [1.807, 2.05) is 18.0 Å². The van der Waals surface area contributed by atoms with Gasteiger partial charge in [0.15, 0.2) is 0 Å². The van der Waals surface area contributed by atoms with Crippen LogP contribution >= 0.6 is 23.1 Å². The van der Waals surface area contributed by atoms with Crippen LogP contribution in [0.2, 0.25) is 0 Å². The van der Waals surface area contributed by atoms with Crippen LogP contribution in [0.15, 0.2) is 6.20 Å². The van der Waals surface area contributed by atoms with Crippen molar-refractivity contribution < 1.29 is 0 Å². The second kappa shape index (κ2) is 4.44. The van der Waals surface area contributed by atoms with Crippen molar-refractivity contribution in [3.8, 4) is 0 Å². The Bertz CT molecular complexity index is 268. The fourth-order valence-electron chi connectivity index (χ4n) is 1.09. The van der Waals surface area contributed by atoms with Crippen LogP contribution in [0.4, 0.5) is 0 Å². The molecule has 0 unspecified atom stereocenters. The van der Waals surface area contributed by atoms with E-state index in [0.29, 0.717) is 0 Å². The molecule has 0 aliphatic heterocycles. The van der Waals surface area contributed by atoms with Crippen molar-refractivity contribution in [2.75, 3.05) is 5.88 Å². The number of nitrogens with zero attached hydrogens (tertiary/aromatic N) is 1. The van der Waals surface area contributed by atoms with E-state index in [4.69, 9.17) is 0 Å². The zero-order valence-electron chi connectivity index (χ0n) is 7.75. The predicted molar refractivity (Wildman–Crippen MR) is 59.2 cm³/mol. The molecule has 72 valence electrons. The molecule has 0 saturated heterocycles. The van der Waals surface area contributed by atoms with Crippen molar-refractivity contribution in [1.29, 1.82) is 0 Å². The maximum atomic E-state index is 4.23. The summed E-state index contributed by atoms with van der Waals surface area (Å²) < 4.78 is 0. The first-order valence-corrected chi connectivity index (χ1v) is 6.54. The molecule has 1 aromatic heterocycles. The van der Waals surface area contributed by atoms with Gasteiger partial charge in [0.25, 0.3) is 0 Å². The molecular weight excluding hydrogens is 200 g/mol. The van der Waals surface area contributed by atoms with Crippen molar-refractivity contribution in [2.24, 2.45) is 0 Å². The summed E-state index contributed by atoms with van der Waals surface area (Å²) in [6.07, 6.45) is 4.74. The SMILES string of the molecule is Cc1ncc(CSCNC2CC2)s1. The average molecular weight is 214 g/mol. The first-order chi connectivity index (χ1) is 6.34. The Morgan fingerprint density at radius 1 is 1.69 bits per heavy atom. The summed E-state index contributed by atoms with van der Waals surface area (Å²) in [6, 6.07) is 0.829. The highest BCUT2D eigenvalue weighted by atomic mass is 32.2. The van der Waals surface area contributed by atoms with Gasteiger partial charge in [-0.15, -0.1) is 23.1 Å². The zero-order chi connectivity index (χ0) is 9.10. The molecule has 1 N–H and O–H groups in total. The van der Waals surface area contributed by atoms with Crippen molar-refractivity contribution in [3.63, 3.8) is 0 Å². The quantitative estimate of drug-likeness (QED) is 0.602. The van der Waals surface area contributed by atoms with E-state index in [-0.39, 0.29) is 0 Å². The van der Waals surface area contributed by atoms with Crippen LogP contribution in [0.5, 0.6) is 0 Å². The fraction of sp³-hybridized carbons (Fsp3) is 0.667. The monoisotopic (exact) mass is 214 g/mol. The predicted octanol–water partition coefficient (Wildman–Crippen LogP) is 2.39. The lowest BCUT2D eigenvalue weighted by molar-refractivity contribution is 0.789. The molecule has 0 spiro atoms. The molecule has 2 rings (SSSR count). The topological polar surface area (TPSA) is 24.9 Å². The third-order valence-electron chi connectivity index (χ3n) is 1.96. The molecule has 0 aromatic carbocycles. The standard InChI is InChI=1S/C9H14N2S2/c1-7-10-4-9(13-7)5-12-6-11-8-2-3-8/h4,8,11H,2-3,5-6H2,1H3. The Balaban J connectivity index is 1.61. The number of nitrogens with one attached hydrogen (secondary N) is 1. The number of aromatic nitrogens is 1. The minimum Gasteiger partial charge on any atom is -0.305 e. The van der Waals surface area contributed by atoms with Gasteiger partial charge in [0.2, 0.25) is 0 Å². The van der Waals surface area contributed by atoms with Crippen molar-refractivity contribution in [1.82, 2.24) is 10.3 Å². The molecule has 1 heterocycles. The largest absolute Gasteiger partial charge is 0.305 e. The van der Waals surface area contributed by atoms with E-state index in [1.54, 1.807) is 11.3 Å². The molecule has 0 bridgehead atoms. The number of aryl methyl sites for hydroxylation is 1. The maximum absolute atomic E-state index is 4.23. The second-order valence-corrected chi connectivity index (χ2v) is 5.62. The van der Waals surface area contributed by atoms with E-state index < -0.39 is 0 Å². The molecule has 4 heteroatoms. The number of thiazole rings is 1. The van der Waals surface area contributed by atoms with E-state index in [0.717, 1.165) is 17.7 Å². The Morgan fingerprint density at radius 3 is 3.15 bits per heavy atom. The molecule has 0 amide bonds. The molecule has 1 fully saturated rings. The number of thioether (sulfide) groups is 1. The third kappa shape index (κ3) is 3.29. The smallest absolute Gasteiger partial charge is 0.0897 e. The number of rotatable bonds is 5. The van der Waals surface area contributed by atoms with Gasteiger partial charge in [0.05, 0.1) is 5.01 Å². The Labute approximate surface area is 87.1 Å². The lowest BCUT2D eigenvalue weighted by Gasteiger charge is -1.99. The minimum atomic E-state index is 0.829. The van der Waals surface area contributed by atoms with E-state index in [9.17, 15) is 0 Å². The first-order valence-electron chi connectivity index (χ1n) is 4.57. The lowest BCUT2D eigenvalue weighted by atomic mass is 10.6. The van der Waals surface area contributed by atoms with Crippen LogP contribution in [-0.2, 0) is 5.75 Å². The van der Waals surface area contributed by atoms with Gasteiger partial charge in [-0.1, -0.05) is 0 Å². The van der Waals surface area contributed by atoms with Gasteiger partial charge in [0.1, 0.15) is 0 Å². The summed E-state index contributed by atoms with van der Waals surface area (Å²) in [5.74, 6) is 2.19. The summed E-state index contributed by atoms with van der Waals surface area (Å²) in [5, 5.41) is 4.65. The van der Waals surface area contributed by atoms with Crippen LogP contribution in [-0.4, -0.2) is 16.9 Å². The third-order valence-corrected chi connectivity index (χ3v) is 3.95. The molecule has 2 nitrogen and oxygen atoms in total. The fourth-order valence-corrected chi connectivity index (χ4v) is 2.90. The van der Waals surface area contributed by atoms with E-state index in [2.05, 4.69) is 17.2 Å². The Hall–Kier alpha value is -0.0600. The summed E-state index contributed by atoms with van der Waals surface area (Å²) >= 11 is 3.75. The van der Waals surface area contributed by atoms with Gasteiger partial charge < -0.3 is 5.32 Å². The summed E-state index contributed by atoms with van der Waals surface area (Å²) in [7, 11) is 0. The number of hydrogen-bond donors (Lipinski definition) is 1. The maximum Gasteiger partial charge on any atom is 0.0897 e. The van der Waals surface area contributed by atoms with Crippen molar-refractivity contribution >= 4 is 23.1 Å². The van der Waals surface area contributed by atoms with Gasteiger partial charge in [-0.25, -0.2) is 4.98 Å². The van der Waals surface area contributed by atoms with Crippen LogP contribution < -0.4 is 5.32 Å². The van der Waals surface area contributed by atoms with Crippen LogP contribution in [0.25, 0.3) is 0 Å². The van der Waals surface area contributed by atoms with Gasteiger partial charge in [-0.3, -0.25) is 0 Å².